The molecule has 2 bridgehead atoms. The highest BCUT2D eigenvalue weighted by Gasteiger charge is 2.59. The molecule has 1 aliphatic carbocycles. The van der Waals surface area contributed by atoms with Gasteiger partial charge in [-0.1, -0.05) is 12.8 Å². The van der Waals surface area contributed by atoms with Crippen LogP contribution in [-0.4, -0.2) is 37.1 Å². The lowest BCUT2D eigenvalue weighted by molar-refractivity contribution is -0.137. The van der Waals surface area contributed by atoms with Crippen LogP contribution in [-0.2, 0) is 11.7 Å². The van der Waals surface area contributed by atoms with Gasteiger partial charge in [-0.3, -0.25) is 0 Å². The topological polar surface area (TPSA) is 97.0 Å². The van der Waals surface area contributed by atoms with E-state index < -0.39 is 29.1 Å². The van der Waals surface area contributed by atoms with Crippen LogP contribution < -0.4 is 5.32 Å². The first-order chi connectivity index (χ1) is 16.2. The molecule has 2 unspecified atom stereocenters. The van der Waals surface area contributed by atoms with Gasteiger partial charge in [0.25, 0.3) is 0 Å². The van der Waals surface area contributed by atoms with E-state index in [1.54, 1.807) is 11.8 Å². The number of aromatic nitrogens is 4. The summed E-state index contributed by atoms with van der Waals surface area (Å²) in [5.74, 6) is -0.320. The smallest absolute Gasteiger partial charge is 0.417 e. The second-order valence-electron chi connectivity index (χ2n) is 8.54. The predicted octanol–water partition coefficient (Wildman–Crippen LogP) is 5.07. The van der Waals surface area contributed by atoms with Crippen LogP contribution in [0.3, 0.4) is 0 Å². The van der Waals surface area contributed by atoms with Gasteiger partial charge in [0.05, 0.1) is 18.0 Å². The highest BCUT2D eigenvalue weighted by Crippen LogP contribution is 2.52. The third-order valence-corrected chi connectivity index (χ3v) is 6.36. The average molecular weight is 476 g/mol. The Bertz CT molecular complexity index is 1220. The number of rotatable bonds is 3. The fourth-order valence-electron chi connectivity index (χ4n) is 4.90. The SMILES string of the molecule is Cc1nnc(C23CCCCC(C2)N3C(=O)Nc2ccc(C(F)(F)F)c(-c3ncc(F)cn3)c2)o1. The molecule has 12 heteroatoms. The zero-order valence-electron chi connectivity index (χ0n) is 18.1. The summed E-state index contributed by atoms with van der Waals surface area (Å²) >= 11 is 0. The van der Waals surface area contributed by atoms with Crippen LogP contribution in [0.25, 0.3) is 11.4 Å². The molecular weight excluding hydrogens is 456 g/mol. The van der Waals surface area contributed by atoms with Crippen molar-refractivity contribution in [2.45, 2.75) is 56.8 Å². The zero-order chi connectivity index (χ0) is 24.1. The molecule has 1 saturated carbocycles. The van der Waals surface area contributed by atoms with Gasteiger partial charge in [0, 0.05) is 30.6 Å². The first-order valence-electron chi connectivity index (χ1n) is 10.8. The lowest BCUT2D eigenvalue weighted by Crippen LogP contribution is -2.65. The average Bonchev–Trinajstić information content (AvgIpc) is 2.98. The normalized spacial score (nSPS) is 22.1. The van der Waals surface area contributed by atoms with Gasteiger partial charge in [-0.25, -0.2) is 19.2 Å². The summed E-state index contributed by atoms with van der Waals surface area (Å²) in [5, 5.41) is 10.8. The Balaban J connectivity index is 1.47. The molecule has 0 spiro atoms. The summed E-state index contributed by atoms with van der Waals surface area (Å²) in [5.41, 5.74) is -1.97. The lowest BCUT2D eigenvalue weighted by Gasteiger charge is -2.54. The van der Waals surface area contributed by atoms with Crippen molar-refractivity contribution in [3.63, 3.8) is 0 Å². The van der Waals surface area contributed by atoms with Crippen LogP contribution in [0.5, 0.6) is 0 Å². The van der Waals surface area contributed by atoms with E-state index in [1.165, 1.54) is 6.07 Å². The van der Waals surface area contributed by atoms with Crippen LogP contribution in [0.2, 0.25) is 0 Å². The van der Waals surface area contributed by atoms with E-state index in [4.69, 9.17) is 4.42 Å². The molecule has 5 rings (SSSR count). The minimum Gasteiger partial charge on any atom is -0.423 e. The minimum absolute atomic E-state index is 0.0379. The molecule has 1 saturated heterocycles. The highest BCUT2D eigenvalue weighted by molar-refractivity contribution is 5.91. The summed E-state index contributed by atoms with van der Waals surface area (Å²) in [6.45, 7) is 1.67. The fraction of sp³-hybridized carbons (Fsp3) is 0.409. The number of fused-ring (bicyclic) bond motifs is 2. The number of alkyl halides is 3. The van der Waals surface area contributed by atoms with Crippen molar-refractivity contribution in [1.82, 2.24) is 25.1 Å². The van der Waals surface area contributed by atoms with Crippen LogP contribution in [0.1, 0.15) is 49.4 Å². The van der Waals surface area contributed by atoms with Gasteiger partial charge in [0.2, 0.25) is 11.8 Å². The maximum absolute atomic E-state index is 13.6. The van der Waals surface area contributed by atoms with Gasteiger partial charge in [-0.15, -0.1) is 10.2 Å². The number of hydrogen-bond donors (Lipinski definition) is 1. The van der Waals surface area contributed by atoms with E-state index in [1.807, 2.05) is 0 Å². The number of nitrogens with one attached hydrogen (secondary N) is 1. The van der Waals surface area contributed by atoms with Gasteiger partial charge in [-0.2, -0.15) is 13.2 Å². The molecule has 1 aliphatic heterocycles. The number of aryl methyl sites for hydroxylation is 1. The standard InChI is InChI=1S/C22H20F4N6O2/c1-12-30-31-19(34-12)21-7-3-2-4-15(9-21)32(21)20(33)29-14-5-6-17(22(24,25)26)16(8-14)18-27-10-13(23)11-28-18/h5-6,8,10-11,15H,2-4,7,9H2,1H3,(H,29,33). The lowest BCUT2D eigenvalue weighted by atomic mass is 9.77. The molecule has 3 aromatic rings. The molecular formula is C22H20F4N6O2. The Kier molecular flexibility index (Phi) is 5.25. The predicted molar refractivity (Wildman–Crippen MR) is 111 cm³/mol. The molecule has 2 fully saturated rings. The number of hydrogen-bond acceptors (Lipinski definition) is 6. The molecule has 2 aliphatic rings. The van der Waals surface area contributed by atoms with Crippen molar-refractivity contribution in [2.75, 3.05) is 5.32 Å². The van der Waals surface area contributed by atoms with Crippen molar-refractivity contribution >= 4 is 11.7 Å². The van der Waals surface area contributed by atoms with E-state index in [0.29, 0.717) is 24.6 Å². The van der Waals surface area contributed by atoms with E-state index in [2.05, 4.69) is 25.5 Å². The molecule has 1 aromatic carbocycles. The molecule has 1 N–H and O–H groups in total. The molecule has 8 nitrogen and oxygen atoms in total. The first-order valence-corrected chi connectivity index (χ1v) is 10.8. The Morgan fingerprint density at radius 1 is 1.21 bits per heavy atom. The molecule has 2 aromatic heterocycles. The zero-order valence-corrected chi connectivity index (χ0v) is 18.1. The maximum atomic E-state index is 13.6. The second kappa shape index (κ2) is 8.03. The van der Waals surface area contributed by atoms with Gasteiger partial charge in [-0.05, 0) is 31.0 Å². The number of nitrogens with zero attached hydrogens (tertiary/aromatic N) is 5. The summed E-state index contributed by atoms with van der Waals surface area (Å²) in [6.07, 6.45) is 0.850. The summed E-state index contributed by atoms with van der Waals surface area (Å²) in [4.78, 5) is 22.4. The number of anilines is 1. The Labute approximate surface area is 191 Å². The number of urea groups is 1. The number of amides is 2. The largest absolute Gasteiger partial charge is 0.423 e. The third-order valence-electron chi connectivity index (χ3n) is 6.36. The molecule has 0 radical (unpaired) electrons. The summed E-state index contributed by atoms with van der Waals surface area (Å²) in [7, 11) is 0. The molecule has 178 valence electrons. The number of carbonyl (C=O) groups is 1. The Hall–Kier alpha value is -3.57. The van der Waals surface area contributed by atoms with Gasteiger partial charge < -0.3 is 14.6 Å². The fourth-order valence-corrected chi connectivity index (χ4v) is 4.90. The van der Waals surface area contributed by atoms with Crippen molar-refractivity contribution < 1.29 is 26.8 Å². The molecule has 2 amide bonds. The first kappa shape index (κ1) is 22.2. The number of likely N-dealkylation sites (tertiary alicyclic amines) is 1. The van der Waals surface area contributed by atoms with Crippen molar-refractivity contribution in [3.05, 3.63) is 53.8 Å². The van der Waals surface area contributed by atoms with E-state index in [0.717, 1.165) is 43.8 Å². The molecule has 3 heterocycles. The van der Waals surface area contributed by atoms with E-state index in [-0.39, 0.29) is 23.1 Å². The second-order valence-corrected chi connectivity index (χ2v) is 8.54. The van der Waals surface area contributed by atoms with Crippen molar-refractivity contribution in [1.29, 1.82) is 0 Å². The molecule has 34 heavy (non-hydrogen) atoms. The number of carbonyl (C=O) groups excluding carboxylic acids is 1. The number of halogens is 4. The quantitative estimate of drug-likeness (QED) is 0.531. The highest BCUT2D eigenvalue weighted by atomic mass is 19.4. The minimum atomic E-state index is -4.69. The Morgan fingerprint density at radius 2 is 1.97 bits per heavy atom. The number of benzene rings is 1. The van der Waals surface area contributed by atoms with E-state index in [9.17, 15) is 22.4 Å². The van der Waals surface area contributed by atoms with Gasteiger partial charge >= 0.3 is 12.2 Å². The van der Waals surface area contributed by atoms with Crippen molar-refractivity contribution in [2.24, 2.45) is 0 Å². The van der Waals surface area contributed by atoms with E-state index >= 15 is 0 Å². The monoisotopic (exact) mass is 476 g/mol. The van der Waals surface area contributed by atoms with Crippen LogP contribution >= 0.6 is 0 Å². The van der Waals surface area contributed by atoms with Crippen LogP contribution in [0.4, 0.5) is 28.0 Å². The van der Waals surface area contributed by atoms with Crippen molar-refractivity contribution in [3.8, 4) is 11.4 Å². The summed E-state index contributed by atoms with van der Waals surface area (Å²) < 4.78 is 59.7. The van der Waals surface area contributed by atoms with Crippen LogP contribution in [0, 0.1) is 12.7 Å². The van der Waals surface area contributed by atoms with Gasteiger partial charge in [0.15, 0.2) is 11.6 Å². The Morgan fingerprint density at radius 3 is 2.65 bits per heavy atom. The summed E-state index contributed by atoms with van der Waals surface area (Å²) in [6, 6.07) is 2.64. The molecule has 2 atom stereocenters. The van der Waals surface area contributed by atoms with Crippen LogP contribution in [0.15, 0.2) is 35.0 Å². The van der Waals surface area contributed by atoms with Gasteiger partial charge in [0.1, 0.15) is 5.54 Å². The maximum Gasteiger partial charge on any atom is 0.417 e. The third kappa shape index (κ3) is 3.76.